The van der Waals surface area contributed by atoms with E-state index in [2.05, 4.69) is 27.6 Å². The summed E-state index contributed by atoms with van der Waals surface area (Å²) in [5.74, 6) is 2.11. The van der Waals surface area contributed by atoms with Gasteiger partial charge in [0.25, 0.3) is 0 Å². The van der Waals surface area contributed by atoms with Crippen LogP contribution in [-0.2, 0) is 18.3 Å². The van der Waals surface area contributed by atoms with Crippen LogP contribution in [0.1, 0.15) is 11.4 Å². The van der Waals surface area contributed by atoms with E-state index in [0.29, 0.717) is 28.8 Å². The molecule has 3 aromatic rings. The van der Waals surface area contributed by atoms with Crippen LogP contribution < -0.4 is 14.8 Å². The Bertz CT molecular complexity index is 944. The number of carbonyl (C=O) groups excluding carboxylic acids is 1. The van der Waals surface area contributed by atoms with Crippen molar-refractivity contribution >= 4 is 23.4 Å². The first kappa shape index (κ1) is 19.8. The molecule has 0 fully saturated rings. The highest BCUT2D eigenvalue weighted by molar-refractivity contribution is 7.99. The molecule has 0 unspecified atom stereocenters. The number of nitrogens with zero attached hydrogens (tertiary/aromatic N) is 3. The molecule has 1 aromatic heterocycles. The number of benzene rings is 2. The van der Waals surface area contributed by atoms with Crippen LogP contribution >= 0.6 is 11.8 Å². The van der Waals surface area contributed by atoms with Crippen LogP contribution in [0.3, 0.4) is 0 Å². The van der Waals surface area contributed by atoms with Gasteiger partial charge in [0.1, 0.15) is 17.3 Å². The van der Waals surface area contributed by atoms with Gasteiger partial charge in [0.05, 0.1) is 25.7 Å². The molecule has 8 heteroatoms. The predicted octanol–water partition coefficient (Wildman–Crippen LogP) is 3.15. The van der Waals surface area contributed by atoms with E-state index in [1.807, 2.05) is 29.8 Å². The van der Waals surface area contributed by atoms with Crippen LogP contribution in [0, 0.1) is 0 Å². The number of anilines is 1. The van der Waals surface area contributed by atoms with Crippen LogP contribution in [0.2, 0.25) is 0 Å². The Morgan fingerprint density at radius 3 is 2.61 bits per heavy atom. The number of aromatic nitrogens is 3. The van der Waals surface area contributed by atoms with Crippen molar-refractivity contribution in [3.8, 4) is 11.5 Å². The zero-order valence-electron chi connectivity index (χ0n) is 16.0. The van der Waals surface area contributed by atoms with Crippen molar-refractivity contribution in [2.75, 3.05) is 25.3 Å². The summed E-state index contributed by atoms with van der Waals surface area (Å²) in [5.41, 5.74) is 1.73. The minimum absolute atomic E-state index is 0.163. The number of amides is 1. The van der Waals surface area contributed by atoms with E-state index in [-0.39, 0.29) is 11.7 Å². The average Bonchev–Trinajstić information content (AvgIpc) is 3.06. The number of methoxy groups -OCH3 is 2. The molecular formula is C20H22N4O3S. The first-order chi connectivity index (χ1) is 13.6. The van der Waals surface area contributed by atoms with E-state index < -0.39 is 0 Å². The molecule has 146 valence electrons. The number of hydrogen-bond acceptors (Lipinski definition) is 6. The molecule has 0 bridgehead atoms. The molecule has 0 spiro atoms. The number of nitrogens with one attached hydrogen (secondary N) is 1. The number of ether oxygens (including phenoxy) is 2. The highest BCUT2D eigenvalue weighted by Crippen LogP contribution is 2.29. The Morgan fingerprint density at radius 1 is 1.11 bits per heavy atom. The predicted molar refractivity (Wildman–Crippen MR) is 109 cm³/mol. The van der Waals surface area contributed by atoms with Crippen molar-refractivity contribution in [3.63, 3.8) is 0 Å². The van der Waals surface area contributed by atoms with E-state index in [4.69, 9.17) is 9.47 Å². The molecule has 0 atom stereocenters. The largest absolute Gasteiger partial charge is 0.497 e. The third-order valence-corrected chi connectivity index (χ3v) is 5.16. The van der Waals surface area contributed by atoms with Crippen molar-refractivity contribution < 1.29 is 14.3 Å². The van der Waals surface area contributed by atoms with Gasteiger partial charge in [-0.2, -0.15) is 0 Å². The van der Waals surface area contributed by atoms with Crippen LogP contribution in [0.25, 0.3) is 0 Å². The molecule has 0 aliphatic heterocycles. The molecule has 3 rings (SSSR count). The normalized spacial score (nSPS) is 10.5. The zero-order valence-corrected chi connectivity index (χ0v) is 16.8. The standard InChI is InChI=1S/C20H22N4O3S/c1-24-18(11-14-7-5-4-6-8-14)22-23-20(24)28-13-19(25)21-16-12-15(26-2)9-10-17(16)27-3/h4-10,12H,11,13H2,1-3H3,(H,21,25). The monoisotopic (exact) mass is 398 g/mol. The van der Waals surface area contributed by atoms with Crippen molar-refractivity contribution in [3.05, 3.63) is 59.9 Å². The maximum atomic E-state index is 12.4. The van der Waals surface area contributed by atoms with Gasteiger partial charge in [-0.1, -0.05) is 42.1 Å². The highest BCUT2D eigenvalue weighted by Gasteiger charge is 2.14. The van der Waals surface area contributed by atoms with Gasteiger partial charge in [-0.25, -0.2) is 0 Å². The van der Waals surface area contributed by atoms with Crippen LogP contribution in [-0.4, -0.2) is 40.6 Å². The maximum Gasteiger partial charge on any atom is 0.234 e. The van der Waals surface area contributed by atoms with Gasteiger partial charge < -0.3 is 19.4 Å². The fraction of sp³-hybridized carbons (Fsp3) is 0.250. The lowest BCUT2D eigenvalue weighted by Gasteiger charge is -2.11. The minimum atomic E-state index is -0.163. The number of rotatable bonds is 8. The van der Waals surface area contributed by atoms with Gasteiger partial charge in [0, 0.05) is 19.5 Å². The quantitative estimate of drug-likeness (QED) is 0.587. The summed E-state index contributed by atoms with van der Waals surface area (Å²) in [5, 5.41) is 12.0. The number of thioether (sulfide) groups is 1. The Labute approximate surface area is 168 Å². The van der Waals surface area contributed by atoms with Gasteiger partial charge in [0.2, 0.25) is 5.91 Å². The Hall–Kier alpha value is -3.00. The van der Waals surface area contributed by atoms with Crippen LogP contribution in [0.4, 0.5) is 5.69 Å². The minimum Gasteiger partial charge on any atom is -0.497 e. The summed E-state index contributed by atoms with van der Waals surface area (Å²) in [6.45, 7) is 0. The maximum absolute atomic E-state index is 12.4. The van der Waals surface area contributed by atoms with Crippen LogP contribution in [0.15, 0.2) is 53.7 Å². The number of carbonyl (C=O) groups is 1. The Morgan fingerprint density at radius 2 is 1.89 bits per heavy atom. The summed E-state index contributed by atoms with van der Waals surface area (Å²) < 4.78 is 12.4. The summed E-state index contributed by atoms with van der Waals surface area (Å²) in [6.07, 6.45) is 0.693. The van der Waals surface area contributed by atoms with E-state index >= 15 is 0 Å². The van der Waals surface area contributed by atoms with Gasteiger partial charge in [-0.3, -0.25) is 4.79 Å². The lowest BCUT2D eigenvalue weighted by atomic mass is 10.1. The molecule has 7 nitrogen and oxygen atoms in total. The summed E-state index contributed by atoms with van der Waals surface area (Å²) in [6, 6.07) is 15.3. The van der Waals surface area contributed by atoms with E-state index in [1.165, 1.54) is 11.8 Å². The molecule has 2 aromatic carbocycles. The first-order valence-electron chi connectivity index (χ1n) is 8.67. The first-order valence-corrected chi connectivity index (χ1v) is 9.66. The fourth-order valence-electron chi connectivity index (χ4n) is 2.63. The second kappa shape index (κ2) is 9.27. The zero-order chi connectivity index (χ0) is 19.9. The Kier molecular flexibility index (Phi) is 6.54. The fourth-order valence-corrected chi connectivity index (χ4v) is 3.36. The summed E-state index contributed by atoms with van der Waals surface area (Å²) >= 11 is 1.33. The van der Waals surface area contributed by atoms with Gasteiger partial charge in [-0.15, -0.1) is 10.2 Å². The topological polar surface area (TPSA) is 78.3 Å². The average molecular weight is 398 g/mol. The highest BCUT2D eigenvalue weighted by atomic mass is 32.2. The number of hydrogen-bond donors (Lipinski definition) is 1. The van der Waals surface area contributed by atoms with Crippen LogP contribution in [0.5, 0.6) is 11.5 Å². The molecule has 0 aliphatic rings. The summed E-state index contributed by atoms with van der Waals surface area (Å²) in [4.78, 5) is 12.4. The Balaban J connectivity index is 1.61. The second-order valence-electron chi connectivity index (χ2n) is 6.02. The molecule has 0 radical (unpaired) electrons. The molecule has 0 saturated heterocycles. The lowest BCUT2D eigenvalue weighted by Crippen LogP contribution is -2.15. The molecule has 0 saturated carbocycles. The van der Waals surface area contributed by atoms with E-state index in [0.717, 1.165) is 11.4 Å². The molecule has 28 heavy (non-hydrogen) atoms. The lowest BCUT2D eigenvalue weighted by molar-refractivity contribution is -0.113. The van der Waals surface area contributed by atoms with Crippen molar-refractivity contribution in [2.45, 2.75) is 11.6 Å². The molecule has 1 heterocycles. The molecule has 1 amide bonds. The SMILES string of the molecule is COc1ccc(OC)c(NC(=O)CSc2nnc(Cc3ccccc3)n2C)c1. The van der Waals surface area contributed by atoms with Gasteiger partial charge in [0.15, 0.2) is 5.16 Å². The summed E-state index contributed by atoms with van der Waals surface area (Å²) in [7, 11) is 5.04. The molecule has 1 N–H and O–H groups in total. The third-order valence-electron chi connectivity index (χ3n) is 4.14. The molecular weight excluding hydrogens is 376 g/mol. The molecule has 0 aliphatic carbocycles. The van der Waals surface area contributed by atoms with E-state index in [9.17, 15) is 4.79 Å². The van der Waals surface area contributed by atoms with Gasteiger partial charge >= 0.3 is 0 Å². The third kappa shape index (κ3) is 4.83. The van der Waals surface area contributed by atoms with Crippen molar-refractivity contribution in [1.29, 1.82) is 0 Å². The van der Waals surface area contributed by atoms with Crippen molar-refractivity contribution in [1.82, 2.24) is 14.8 Å². The van der Waals surface area contributed by atoms with Crippen molar-refractivity contribution in [2.24, 2.45) is 7.05 Å². The second-order valence-corrected chi connectivity index (χ2v) is 6.97. The van der Waals surface area contributed by atoms with Gasteiger partial charge in [-0.05, 0) is 17.7 Å². The van der Waals surface area contributed by atoms with E-state index in [1.54, 1.807) is 32.4 Å². The smallest absolute Gasteiger partial charge is 0.234 e.